The number of Topliss-reactive ketones (excluding diaryl/α,β-unsaturated/α-hetero) is 1. The molecule has 10 heteroatoms. The maximum atomic E-state index is 12.6. The molecule has 1 aliphatic heterocycles. The highest BCUT2D eigenvalue weighted by molar-refractivity contribution is 6.38. The van der Waals surface area contributed by atoms with Gasteiger partial charge in [0.05, 0.1) is 22.6 Å². The van der Waals surface area contributed by atoms with Gasteiger partial charge in [0.15, 0.2) is 6.61 Å². The lowest BCUT2D eigenvalue weighted by atomic mass is 9.90. The number of benzene rings is 2. The summed E-state index contributed by atoms with van der Waals surface area (Å²) in [7, 11) is 0. The maximum absolute atomic E-state index is 12.6. The molecule has 2 unspecified atom stereocenters. The summed E-state index contributed by atoms with van der Waals surface area (Å²) >= 11 is 0. The summed E-state index contributed by atoms with van der Waals surface area (Å²) in [4.78, 5) is 47.8. The Morgan fingerprint density at radius 3 is 2.47 bits per heavy atom. The molecular weight excluding hydrogens is 394 g/mol. The molecule has 0 radical (unpaired) electrons. The molecule has 0 spiro atoms. The molecule has 3 rings (SSSR count). The summed E-state index contributed by atoms with van der Waals surface area (Å²) in [5.41, 5.74) is 6.32. The zero-order chi connectivity index (χ0) is 22.0. The molecule has 2 atom stereocenters. The molecule has 0 saturated carbocycles. The van der Waals surface area contributed by atoms with Crippen molar-refractivity contribution in [1.29, 1.82) is 0 Å². The van der Waals surface area contributed by atoms with E-state index >= 15 is 0 Å². The molecule has 30 heavy (non-hydrogen) atoms. The van der Waals surface area contributed by atoms with E-state index in [0.717, 1.165) is 11.6 Å². The molecule has 2 aromatic carbocycles. The number of rotatable bonds is 8. The van der Waals surface area contributed by atoms with Crippen LogP contribution in [0.4, 0.5) is 11.4 Å². The van der Waals surface area contributed by atoms with Gasteiger partial charge in [-0.2, -0.15) is 0 Å². The lowest BCUT2D eigenvalue weighted by Crippen LogP contribution is -2.38. The van der Waals surface area contributed by atoms with Crippen molar-refractivity contribution in [3.8, 4) is 5.75 Å². The number of nitrogens with two attached hydrogens (primary N) is 1. The first-order valence-electron chi connectivity index (χ1n) is 9.01. The van der Waals surface area contributed by atoms with Crippen LogP contribution in [0.15, 0.2) is 42.5 Å². The van der Waals surface area contributed by atoms with Gasteiger partial charge in [-0.15, -0.1) is 0 Å². The molecule has 0 aliphatic carbocycles. The average Bonchev–Trinajstić information content (AvgIpc) is 2.97. The summed E-state index contributed by atoms with van der Waals surface area (Å²) in [6.45, 7) is 1.23. The number of carboxylic acids is 1. The minimum absolute atomic E-state index is 0.136. The number of nitro benzene ring substituents is 1. The Morgan fingerprint density at radius 2 is 1.90 bits per heavy atom. The van der Waals surface area contributed by atoms with E-state index in [9.17, 15) is 24.5 Å². The highest BCUT2D eigenvalue weighted by Gasteiger charge is 2.45. The van der Waals surface area contributed by atoms with Crippen molar-refractivity contribution >= 4 is 29.0 Å². The minimum atomic E-state index is -1.29. The van der Waals surface area contributed by atoms with Crippen LogP contribution in [0.1, 0.15) is 24.0 Å². The second-order valence-electron chi connectivity index (χ2n) is 6.88. The highest BCUT2D eigenvalue weighted by atomic mass is 16.6. The zero-order valence-corrected chi connectivity index (χ0v) is 16.0. The van der Waals surface area contributed by atoms with Crippen molar-refractivity contribution in [2.24, 2.45) is 5.73 Å². The van der Waals surface area contributed by atoms with E-state index in [1.165, 1.54) is 6.07 Å². The highest BCUT2D eigenvalue weighted by Crippen LogP contribution is 2.49. The number of hydrogen-bond acceptors (Lipinski definition) is 7. The van der Waals surface area contributed by atoms with E-state index in [1.807, 2.05) is 30.3 Å². The van der Waals surface area contributed by atoms with Gasteiger partial charge in [-0.1, -0.05) is 30.3 Å². The number of ketones is 1. The number of nitro groups is 1. The zero-order valence-electron chi connectivity index (χ0n) is 16.0. The maximum Gasteiger partial charge on any atom is 0.341 e. The average molecular weight is 413 g/mol. The third-order valence-electron chi connectivity index (χ3n) is 4.98. The fourth-order valence-electron chi connectivity index (χ4n) is 3.67. The summed E-state index contributed by atoms with van der Waals surface area (Å²) in [6, 6.07) is 11.0. The van der Waals surface area contributed by atoms with Crippen LogP contribution in [0.2, 0.25) is 0 Å². The van der Waals surface area contributed by atoms with Gasteiger partial charge in [0.2, 0.25) is 5.78 Å². The van der Waals surface area contributed by atoms with Crippen LogP contribution < -0.4 is 15.4 Å². The molecule has 1 amide bonds. The number of primary amides is 1. The third kappa shape index (κ3) is 3.93. The number of carbonyl (C=O) groups excluding carboxylic acids is 2. The first-order valence-corrected chi connectivity index (χ1v) is 9.01. The number of amides is 1. The van der Waals surface area contributed by atoms with Crippen molar-refractivity contribution in [2.45, 2.75) is 25.4 Å². The van der Waals surface area contributed by atoms with E-state index < -0.39 is 41.1 Å². The standard InChI is InChI=1S/C20H19N3O7/c1-11-17(19(26)20(21)27)18-14(22(11)9-12-5-3-2-4-6-12)7-13(23(28)29)8-15(18)30-10-16(24)25/h2-8,11,17H,9-10H2,1H3,(H2,21,27)(H,24,25). The van der Waals surface area contributed by atoms with Crippen LogP contribution in [0.3, 0.4) is 0 Å². The van der Waals surface area contributed by atoms with Gasteiger partial charge in [-0.05, 0) is 12.5 Å². The van der Waals surface area contributed by atoms with E-state index in [2.05, 4.69) is 0 Å². The monoisotopic (exact) mass is 413 g/mol. The Bertz CT molecular complexity index is 1020. The summed E-state index contributed by atoms with van der Waals surface area (Å²) in [6.07, 6.45) is 0. The first-order chi connectivity index (χ1) is 14.2. The van der Waals surface area contributed by atoms with Crippen LogP contribution in [-0.4, -0.2) is 40.3 Å². The van der Waals surface area contributed by atoms with Gasteiger partial charge in [-0.25, -0.2) is 4.79 Å². The second-order valence-corrected chi connectivity index (χ2v) is 6.88. The molecule has 1 aliphatic rings. The molecule has 2 aromatic rings. The summed E-state index contributed by atoms with van der Waals surface area (Å²) in [5, 5.41) is 20.4. The molecule has 10 nitrogen and oxygen atoms in total. The molecule has 0 fully saturated rings. The van der Waals surface area contributed by atoms with Crippen molar-refractivity contribution in [3.05, 3.63) is 63.7 Å². The van der Waals surface area contributed by atoms with E-state index in [4.69, 9.17) is 15.6 Å². The Labute approximate surface area is 171 Å². The number of nitrogens with zero attached hydrogens (tertiary/aromatic N) is 2. The normalized spacial score (nSPS) is 17.3. The summed E-state index contributed by atoms with van der Waals surface area (Å²) in [5.74, 6) is -4.51. The Hall–Kier alpha value is -3.95. The Morgan fingerprint density at radius 1 is 1.23 bits per heavy atom. The Balaban J connectivity index is 2.18. The fraction of sp³-hybridized carbons (Fsp3) is 0.250. The second kappa shape index (κ2) is 8.19. The van der Waals surface area contributed by atoms with Crippen LogP contribution in [0.25, 0.3) is 0 Å². The Kier molecular flexibility index (Phi) is 5.67. The van der Waals surface area contributed by atoms with Crippen LogP contribution in [0.5, 0.6) is 5.75 Å². The van der Waals surface area contributed by atoms with E-state index in [1.54, 1.807) is 11.8 Å². The molecule has 1 heterocycles. The predicted octanol–water partition coefficient (Wildman–Crippen LogP) is 1.60. The smallest absolute Gasteiger partial charge is 0.341 e. The van der Waals surface area contributed by atoms with Gasteiger partial charge < -0.3 is 20.5 Å². The number of non-ortho nitro benzene ring substituents is 1. The van der Waals surface area contributed by atoms with Crippen LogP contribution in [0, 0.1) is 10.1 Å². The number of carboxylic acid groups (broad SMARTS) is 1. The topological polar surface area (TPSA) is 153 Å². The lowest BCUT2D eigenvalue weighted by Gasteiger charge is -2.26. The summed E-state index contributed by atoms with van der Waals surface area (Å²) < 4.78 is 5.27. The van der Waals surface area contributed by atoms with Gasteiger partial charge in [0, 0.05) is 24.2 Å². The van der Waals surface area contributed by atoms with Crippen molar-refractivity contribution in [2.75, 3.05) is 11.5 Å². The van der Waals surface area contributed by atoms with Crippen LogP contribution in [-0.2, 0) is 20.9 Å². The molecule has 156 valence electrons. The van der Waals surface area contributed by atoms with Gasteiger partial charge in [-0.3, -0.25) is 19.7 Å². The number of aliphatic carboxylic acids is 1. The molecule has 0 bridgehead atoms. The third-order valence-corrected chi connectivity index (χ3v) is 4.98. The van der Waals surface area contributed by atoms with E-state index in [0.29, 0.717) is 12.2 Å². The number of carbonyl (C=O) groups is 3. The number of anilines is 1. The largest absolute Gasteiger partial charge is 0.481 e. The molecule has 0 aromatic heterocycles. The van der Waals surface area contributed by atoms with Crippen molar-refractivity contribution in [1.82, 2.24) is 0 Å². The quantitative estimate of drug-likeness (QED) is 0.376. The lowest BCUT2D eigenvalue weighted by molar-refractivity contribution is -0.384. The number of hydrogen-bond donors (Lipinski definition) is 2. The SMILES string of the molecule is CC1C(C(=O)C(N)=O)c2c(OCC(=O)O)cc([N+](=O)[O-])cc2N1Cc1ccccc1. The molecular formula is C20H19N3O7. The first kappa shape index (κ1) is 20.8. The van der Waals surface area contributed by atoms with Gasteiger partial charge in [0.1, 0.15) is 5.75 Å². The van der Waals surface area contributed by atoms with Gasteiger partial charge in [0.25, 0.3) is 11.6 Å². The van der Waals surface area contributed by atoms with Crippen LogP contribution >= 0.6 is 0 Å². The van der Waals surface area contributed by atoms with Crippen molar-refractivity contribution < 1.29 is 29.2 Å². The molecule has 0 saturated heterocycles. The predicted molar refractivity (Wildman–Crippen MR) is 105 cm³/mol. The number of ether oxygens (including phenoxy) is 1. The molecule has 3 N–H and O–H groups in total. The van der Waals surface area contributed by atoms with E-state index in [-0.39, 0.29) is 17.0 Å². The van der Waals surface area contributed by atoms with Gasteiger partial charge >= 0.3 is 5.97 Å². The fourth-order valence-corrected chi connectivity index (χ4v) is 3.67. The minimum Gasteiger partial charge on any atom is -0.481 e. The number of fused-ring (bicyclic) bond motifs is 1. The van der Waals surface area contributed by atoms with Crippen molar-refractivity contribution in [3.63, 3.8) is 0 Å².